The highest BCUT2D eigenvalue weighted by molar-refractivity contribution is 7.89. The number of aromatic amines is 1. The molecule has 4 N–H and O–H groups in total. The third-order valence-electron chi connectivity index (χ3n) is 2.66. The van der Waals surface area contributed by atoms with Gasteiger partial charge in [-0.2, -0.15) is 5.10 Å². The smallest absolute Gasteiger partial charge is 0.258 e. The molecule has 8 heteroatoms. The minimum atomic E-state index is -3.65. The van der Waals surface area contributed by atoms with Crippen LogP contribution in [0.15, 0.2) is 35.7 Å². The van der Waals surface area contributed by atoms with Crippen molar-refractivity contribution in [2.45, 2.75) is 24.5 Å². The van der Waals surface area contributed by atoms with Gasteiger partial charge in [0.25, 0.3) is 10.0 Å². The van der Waals surface area contributed by atoms with E-state index in [9.17, 15) is 8.42 Å². The molecular formula is C11H15N5O2S. The molecule has 0 fully saturated rings. The van der Waals surface area contributed by atoms with Crippen molar-refractivity contribution in [2.24, 2.45) is 5.73 Å². The number of nitrogens with two attached hydrogens (primary N) is 1. The van der Waals surface area contributed by atoms with Crippen LogP contribution in [0, 0.1) is 0 Å². The highest BCUT2D eigenvalue weighted by Crippen LogP contribution is 2.14. The second kappa shape index (κ2) is 5.47. The van der Waals surface area contributed by atoms with Crippen LogP contribution in [0.3, 0.4) is 0 Å². The molecule has 0 amide bonds. The third-order valence-corrected chi connectivity index (χ3v) is 4.12. The van der Waals surface area contributed by atoms with E-state index in [1.54, 1.807) is 25.4 Å². The lowest BCUT2D eigenvalue weighted by Gasteiger charge is -2.12. The van der Waals surface area contributed by atoms with E-state index in [1.807, 2.05) is 0 Å². The van der Waals surface area contributed by atoms with Crippen molar-refractivity contribution in [3.63, 3.8) is 0 Å². The SMILES string of the molecule is CC(NS(=O)(=O)c1ccc(CN)cn1)c1cn[nH]c1. The number of aromatic nitrogens is 3. The summed E-state index contributed by atoms with van der Waals surface area (Å²) in [4.78, 5) is 3.90. The molecule has 2 aromatic rings. The highest BCUT2D eigenvalue weighted by Gasteiger charge is 2.19. The number of pyridine rings is 1. The average molecular weight is 281 g/mol. The summed E-state index contributed by atoms with van der Waals surface area (Å²) >= 11 is 0. The molecule has 0 saturated heterocycles. The first-order valence-electron chi connectivity index (χ1n) is 5.69. The maximum absolute atomic E-state index is 12.1. The van der Waals surface area contributed by atoms with Gasteiger partial charge >= 0.3 is 0 Å². The zero-order valence-corrected chi connectivity index (χ0v) is 11.2. The van der Waals surface area contributed by atoms with Crippen molar-refractivity contribution in [1.29, 1.82) is 0 Å². The molecule has 2 heterocycles. The second-order valence-electron chi connectivity index (χ2n) is 4.08. The third kappa shape index (κ3) is 3.16. The standard InChI is InChI=1S/C11H15N5O2S/c1-8(10-6-14-15-7-10)16-19(17,18)11-3-2-9(4-12)5-13-11/h2-3,5-8,16H,4,12H2,1H3,(H,14,15). The van der Waals surface area contributed by atoms with Gasteiger partial charge in [0.1, 0.15) is 0 Å². The fourth-order valence-electron chi connectivity index (χ4n) is 1.55. The molecule has 0 bridgehead atoms. The van der Waals surface area contributed by atoms with Gasteiger partial charge in [0.2, 0.25) is 0 Å². The normalized spacial score (nSPS) is 13.4. The van der Waals surface area contributed by atoms with Crippen LogP contribution in [0.25, 0.3) is 0 Å². The summed E-state index contributed by atoms with van der Waals surface area (Å²) in [5.41, 5.74) is 6.97. The first-order chi connectivity index (χ1) is 9.03. The number of hydrogen-bond acceptors (Lipinski definition) is 5. The molecular weight excluding hydrogens is 266 g/mol. The number of rotatable bonds is 5. The van der Waals surface area contributed by atoms with E-state index in [0.717, 1.165) is 11.1 Å². The number of nitrogens with one attached hydrogen (secondary N) is 2. The molecule has 102 valence electrons. The Labute approximate surface area is 111 Å². The number of sulfonamides is 1. The van der Waals surface area contributed by atoms with Gasteiger partial charge in [-0.05, 0) is 18.6 Å². The molecule has 0 saturated carbocycles. The van der Waals surface area contributed by atoms with Crippen molar-refractivity contribution in [1.82, 2.24) is 19.9 Å². The van der Waals surface area contributed by atoms with E-state index in [4.69, 9.17) is 5.73 Å². The van der Waals surface area contributed by atoms with Gasteiger partial charge < -0.3 is 5.73 Å². The van der Waals surface area contributed by atoms with Gasteiger partial charge in [-0.25, -0.2) is 18.1 Å². The maximum atomic E-state index is 12.1. The lowest BCUT2D eigenvalue weighted by atomic mass is 10.2. The quantitative estimate of drug-likeness (QED) is 0.729. The van der Waals surface area contributed by atoms with Crippen LogP contribution in [0.4, 0.5) is 0 Å². The number of hydrogen-bond donors (Lipinski definition) is 3. The van der Waals surface area contributed by atoms with Crippen LogP contribution in [0.5, 0.6) is 0 Å². The molecule has 0 aromatic carbocycles. The summed E-state index contributed by atoms with van der Waals surface area (Å²) in [5.74, 6) is 0. The van der Waals surface area contributed by atoms with Crippen LogP contribution in [0.1, 0.15) is 24.1 Å². The molecule has 0 aliphatic carbocycles. The van der Waals surface area contributed by atoms with Gasteiger partial charge in [0, 0.05) is 30.5 Å². The summed E-state index contributed by atoms with van der Waals surface area (Å²) in [7, 11) is -3.65. The first-order valence-corrected chi connectivity index (χ1v) is 7.17. The van der Waals surface area contributed by atoms with E-state index < -0.39 is 10.0 Å². The molecule has 0 spiro atoms. The summed E-state index contributed by atoms with van der Waals surface area (Å²) in [6.07, 6.45) is 4.66. The Balaban J connectivity index is 2.17. The molecule has 2 rings (SSSR count). The second-order valence-corrected chi connectivity index (χ2v) is 5.74. The Bertz CT molecular complexity index is 622. The van der Waals surface area contributed by atoms with Crippen molar-refractivity contribution in [2.75, 3.05) is 0 Å². The average Bonchev–Trinajstić information content (AvgIpc) is 2.92. The fourth-order valence-corrected chi connectivity index (χ4v) is 2.71. The van der Waals surface area contributed by atoms with Gasteiger partial charge in [-0.1, -0.05) is 6.07 Å². The van der Waals surface area contributed by atoms with Crippen molar-refractivity contribution in [3.05, 3.63) is 41.9 Å². The minimum Gasteiger partial charge on any atom is -0.326 e. The van der Waals surface area contributed by atoms with E-state index in [2.05, 4.69) is 19.9 Å². The van der Waals surface area contributed by atoms with Crippen molar-refractivity contribution >= 4 is 10.0 Å². The Kier molecular flexibility index (Phi) is 3.93. The molecule has 1 atom stereocenters. The maximum Gasteiger partial charge on any atom is 0.258 e. The fraction of sp³-hybridized carbons (Fsp3) is 0.273. The van der Waals surface area contributed by atoms with Crippen LogP contribution in [-0.2, 0) is 16.6 Å². The lowest BCUT2D eigenvalue weighted by Crippen LogP contribution is -2.27. The van der Waals surface area contributed by atoms with E-state index >= 15 is 0 Å². The van der Waals surface area contributed by atoms with Crippen LogP contribution >= 0.6 is 0 Å². The summed E-state index contributed by atoms with van der Waals surface area (Å²) in [6.45, 7) is 2.06. The summed E-state index contributed by atoms with van der Waals surface area (Å²) in [6, 6.07) is 2.69. The van der Waals surface area contributed by atoms with E-state index in [1.165, 1.54) is 12.3 Å². The molecule has 0 aliphatic heterocycles. The van der Waals surface area contributed by atoms with E-state index in [0.29, 0.717) is 6.54 Å². The number of H-pyrrole nitrogens is 1. The Morgan fingerprint density at radius 1 is 1.42 bits per heavy atom. The van der Waals surface area contributed by atoms with Gasteiger partial charge in [0.05, 0.1) is 6.20 Å². The van der Waals surface area contributed by atoms with Gasteiger partial charge in [-0.3, -0.25) is 5.10 Å². The molecule has 2 aromatic heterocycles. The minimum absolute atomic E-state index is 0.0277. The summed E-state index contributed by atoms with van der Waals surface area (Å²) < 4.78 is 26.7. The van der Waals surface area contributed by atoms with Crippen molar-refractivity contribution in [3.8, 4) is 0 Å². The largest absolute Gasteiger partial charge is 0.326 e. The van der Waals surface area contributed by atoms with Gasteiger partial charge in [-0.15, -0.1) is 0 Å². The number of nitrogens with zero attached hydrogens (tertiary/aromatic N) is 2. The molecule has 0 radical (unpaired) electrons. The molecule has 19 heavy (non-hydrogen) atoms. The zero-order valence-electron chi connectivity index (χ0n) is 10.4. The van der Waals surface area contributed by atoms with Crippen LogP contribution in [0.2, 0.25) is 0 Å². The Morgan fingerprint density at radius 2 is 2.21 bits per heavy atom. The topological polar surface area (TPSA) is 114 Å². The Morgan fingerprint density at radius 3 is 2.74 bits per heavy atom. The van der Waals surface area contributed by atoms with Gasteiger partial charge in [0.15, 0.2) is 5.03 Å². The monoisotopic (exact) mass is 281 g/mol. The molecule has 0 aliphatic rings. The van der Waals surface area contributed by atoms with Crippen molar-refractivity contribution < 1.29 is 8.42 Å². The highest BCUT2D eigenvalue weighted by atomic mass is 32.2. The van der Waals surface area contributed by atoms with E-state index in [-0.39, 0.29) is 11.1 Å². The Hall–Kier alpha value is -1.77. The first kappa shape index (κ1) is 13.7. The summed E-state index contributed by atoms with van der Waals surface area (Å²) in [5, 5.41) is 6.39. The lowest BCUT2D eigenvalue weighted by molar-refractivity contribution is 0.563. The predicted octanol–water partition coefficient (Wildman–Crippen LogP) is 0.303. The zero-order chi connectivity index (χ0) is 13.9. The van der Waals surface area contributed by atoms with Crippen LogP contribution < -0.4 is 10.5 Å². The predicted molar refractivity (Wildman–Crippen MR) is 69.5 cm³/mol. The molecule has 7 nitrogen and oxygen atoms in total. The van der Waals surface area contributed by atoms with Crippen LogP contribution in [-0.4, -0.2) is 23.6 Å². The molecule has 1 unspecified atom stereocenters.